The first-order valence-electron chi connectivity index (χ1n) is 10.9. The highest BCUT2D eigenvalue weighted by Crippen LogP contribution is 2.28. The number of rotatable bonds is 10. The smallest absolute Gasteiger partial charge is 0.244 e. The van der Waals surface area contributed by atoms with Gasteiger partial charge in [-0.25, -0.2) is 8.42 Å². The molecule has 2 atom stereocenters. The normalized spacial score (nSPS) is 13.1. The molecule has 1 N–H and O–H groups in total. The summed E-state index contributed by atoms with van der Waals surface area (Å²) in [6.45, 7) is 6.66. The first-order chi connectivity index (χ1) is 15.9. The Balaban J connectivity index is 2.45. The molecule has 7 nitrogen and oxygen atoms in total. The molecule has 0 fully saturated rings. The lowest BCUT2D eigenvalue weighted by atomic mass is 10.1. The van der Waals surface area contributed by atoms with Gasteiger partial charge in [-0.2, -0.15) is 0 Å². The second kappa shape index (κ2) is 11.9. The predicted molar refractivity (Wildman–Crippen MR) is 138 cm³/mol. The Morgan fingerprint density at radius 2 is 1.65 bits per heavy atom. The molecule has 0 bridgehead atoms. The molecule has 0 saturated heterocycles. The lowest BCUT2D eigenvalue weighted by Gasteiger charge is -2.32. The fraction of sp³-hybridized carbons (Fsp3) is 0.417. The van der Waals surface area contributed by atoms with Crippen molar-refractivity contribution in [1.82, 2.24) is 10.2 Å². The molecule has 0 aliphatic rings. The summed E-state index contributed by atoms with van der Waals surface area (Å²) in [5.74, 6) is -0.879. The summed E-state index contributed by atoms with van der Waals surface area (Å²) < 4.78 is 26.3. The summed E-state index contributed by atoms with van der Waals surface area (Å²) in [7, 11) is -3.84. The number of halogens is 2. The molecule has 2 aromatic carbocycles. The van der Waals surface area contributed by atoms with E-state index in [9.17, 15) is 18.0 Å². The van der Waals surface area contributed by atoms with Crippen LogP contribution in [0.25, 0.3) is 0 Å². The van der Waals surface area contributed by atoms with Gasteiger partial charge in [0, 0.05) is 22.6 Å². The Labute approximate surface area is 212 Å². The Bertz CT molecular complexity index is 1140. The minimum absolute atomic E-state index is 0.0414. The molecule has 0 unspecified atom stereocenters. The van der Waals surface area contributed by atoms with E-state index in [0.717, 1.165) is 17.0 Å². The van der Waals surface area contributed by atoms with Crippen molar-refractivity contribution in [3.63, 3.8) is 0 Å². The number of nitrogens with zero attached hydrogens (tertiary/aromatic N) is 2. The van der Waals surface area contributed by atoms with Crippen LogP contribution in [0.1, 0.15) is 38.3 Å². The number of benzene rings is 2. The SMILES string of the molecule is CC[C@@H](C)NC(=O)[C@@H](C)N(Cc1ccccc1Cl)C(=O)CN(c1cccc(Cl)c1C)S(C)(=O)=O. The van der Waals surface area contributed by atoms with Crippen molar-refractivity contribution in [2.75, 3.05) is 17.1 Å². The van der Waals surface area contributed by atoms with Crippen molar-refractivity contribution in [2.24, 2.45) is 0 Å². The molecule has 0 spiro atoms. The van der Waals surface area contributed by atoms with Gasteiger partial charge >= 0.3 is 0 Å². The third-order valence-corrected chi connectivity index (χ3v) is 7.56. The van der Waals surface area contributed by atoms with E-state index in [0.29, 0.717) is 26.9 Å². The van der Waals surface area contributed by atoms with Gasteiger partial charge in [0.1, 0.15) is 12.6 Å². The highest BCUT2D eigenvalue weighted by molar-refractivity contribution is 7.92. The van der Waals surface area contributed by atoms with Gasteiger partial charge in [-0.15, -0.1) is 0 Å². The summed E-state index contributed by atoms with van der Waals surface area (Å²) in [6.07, 6.45) is 1.75. The highest BCUT2D eigenvalue weighted by Gasteiger charge is 2.31. The molecule has 0 aromatic heterocycles. The zero-order valence-corrected chi connectivity index (χ0v) is 22.3. The van der Waals surface area contributed by atoms with Crippen molar-refractivity contribution >= 4 is 50.7 Å². The molecule has 0 aliphatic carbocycles. The second-order valence-corrected chi connectivity index (χ2v) is 11.0. The number of hydrogen-bond acceptors (Lipinski definition) is 4. The van der Waals surface area contributed by atoms with Gasteiger partial charge in [0.15, 0.2) is 0 Å². The second-order valence-electron chi connectivity index (χ2n) is 8.26. The molecule has 0 saturated carbocycles. The predicted octanol–water partition coefficient (Wildman–Crippen LogP) is 4.40. The number of carbonyl (C=O) groups is 2. The van der Waals surface area contributed by atoms with Crippen LogP contribution in [0.2, 0.25) is 10.0 Å². The number of amides is 2. The average molecular weight is 529 g/mol. The van der Waals surface area contributed by atoms with Crippen molar-refractivity contribution in [3.05, 3.63) is 63.6 Å². The number of sulfonamides is 1. The number of carbonyl (C=O) groups excluding carboxylic acids is 2. The van der Waals surface area contributed by atoms with Crippen molar-refractivity contribution in [3.8, 4) is 0 Å². The van der Waals surface area contributed by atoms with Crippen LogP contribution < -0.4 is 9.62 Å². The average Bonchev–Trinajstić information content (AvgIpc) is 2.77. The number of nitrogens with one attached hydrogen (secondary N) is 1. The van der Waals surface area contributed by atoms with Crippen LogP contribution in [0.15, 0.2) is 42.5 Å². The minimum atomic E-state index is -3.84. The first-order valence-corrected chi connectivity index (χ1v) is 13.5. The van der Waals surface area contributed by atoms with E-state index < -0.39 is 28.5 Å². The Morgan fingerprint density at radius 3 is 2.24 bits per heavy atom. The monoisotopic (exact) mass is 527 g/mol. The van der Waals surface area contributed by atoms with Crippen LogP contribution in [-0.2, 0) is 26.2 Å². The summed E-state index contributed by atoms with van der Waals surface area (Å²) in [5.41, 5.74) is 1.48. The maximum absolute atomic E-state index is 13.6. The quantitative estimate of drug-likeness (QED) is 0.495. The maximum Gasteiger partial charge on any atom is 0.244 e. The van der Waals surface area contributed by atoms with Crippen molar-refractivity contribution in [2.45, 2.75) is 52.7 Å². The third kappa shape index (κ3) is 7.10. The Morgan fingerprint density at radius 1 is 1.03 bits per heavy atom. The molecule has 0 radical (unpaired) electrons. The summed E-state index contributed by atoms with van der Waals surface area (Å²) in [5, 5.41) is 3.71. The molecule has 0 heterocycles. The third-order valence-electron chi connectivity index (χ3n) is 5.65. The fourth-order valence-corrected chi connectivity index (χ4v) is 4.58. The summed E-state index contributed by atoms with van der Waals surface area (Å²) >= 11 is 12.5. The van der Waals surface area contributed by atoms with E-state index in [1.54, 1.807) is 56.3 Å². The maximum atomic E-state index is 13.6. The standard InChI is InChI=1S/C24H31Cl2N3O4S/c1-6-16(2)27-24(31)18(4)28(14-19-10-7-8-11-21(19)26)23(30)15-29(34(5,32)33)22-13-9-12-20(25)17(22)3/h7-13,16,18H,6,14-15H2,1-5H3,(H,27,31)/t16-,18-/m1/s1. The molecule has 34 heavy (non-hydrogen) atoms. The Kier molecular flexibility index (Phi) is 9.79. The van der Waals surface area contributed by atoms with Crippen LogP contribution in [0.5, 0.6) is 0 Å². The van der Waals surface area contributed by atoms with Crippen LogP contribution >= 0.6 is 23.2 Å². The van der Waals surface area contributed by atoms with Gasteiger partial charge < -0.3 is 10.2 Å². The van der Waals surface area contributed by atoms with Gasteiger partial charge in [-0.1, -0.05) is 54.4 Å². The largest absolute Gasteiger partial charge is 0.352 e. The molecule has 186 valence electrons. The lowest BCUT2D eigenvalue weighted by Crippen LogP contribution is -2.52. The van der Waals surface area contributed by atoms with Gasteiger partial charge in [-0.3, -0.25) is 13.9 Å². The molecule has 2 rings (SSSR count). The Hall–Kier alpha value is -2.29. The lowest BCUT2D eigenvalue weighted by molar-refractivity contribution is -0.139. The topological polar surface area (TPSA) is 86.8 Å². The summed E-state index contributed by atoms with van der Waals surface area (Å²) in [4.78, 5) is 27.8. The highest BCUT2D eigenvalue weighted by atomic mass is 35.5. The van der Waals surface area contributed by atoms with Gasteiger partial charge in [0.2, 0.25) is 21.8 Å². The minimum Gasteiger partial charge on any atom is -0.352 e. The molecule has 2 aromatic rings. The molecule has 0 aliphatic heterocycles. The van der Waals surface area contributed by atoms with Crippen LogP contribution in [0.4, 0.5) is 5.69 Å². The van der Waals surface area contributed by atoms with E-state index >= 15 is 0 Å². The van der Waals surface area contributed by atoms with E-state index in [4.69, 9.17) is 23.2 Å². The first kappa shape index (κ1) is 28.0. The molecule has 2 amide bonds. The van der Waals surface area contributed by atoms with Gasteiger partial charge in [0.05, 0.1) is 11.9 Å². The molecular formula is C24H31Cl2N3O4S. The number of hydrogen-bond donors (Lipinski definition) is 1. The van der Waals surface area contributed by atoms with Crippen LogP contribution in [0, 0.1) is 6.92 Å². The van der Waals surface area contributed by atoms with Crippen molar-refractivity contribution in [1.29, 1.82) is 0 Å². The van der Waals surface area contributed by atoms with E-state index in [1.807, 2.05) is 13.8 Å². The van der Waals surface area contributed by atoms with E-state index in [-0.39, 0.29) is 18.5 Å². The van der Waals surface area contributed by atoms with Crippen LogP contribution in [-0.4, -0.2) is 50.0 Å². The van der Waals surface area contributed by atoms with E-state index in [1.165, 1.54) is 4.90 Å². The fourth-order valence-electron chi connectivity index (χ4n) is 3.32. The number of anilines is 1. The zero-order valence-electron chi connectivity index (χ0n) is 20.0. The van der Waals surface area contributed by atoms with Crippen molar-refractivity contribution < 1.29 is 18.0 Å². The summed E-state index contributed by atoms with van der Waals surface area (Å²) in [6, 6.07) is 10.9. The van der Waals surface area contributed by atoms with Gasteiger partial charge in [0.25, 0.3) is 0 Å². The molecule has 10 heteroatoms. The van der Waals surface area contributed by atoms with Gasteiger partial charge in [-0.05, 0) is 56.5 Å². The van der Waals surface area contributed by atoms with E-state index in [2.05, 4.69) is 5.32 Å². The molecular weight excluding hydrogens is 497 g/mol. The zero-order chi connectivity index (χ0) is 25.6. The van der Waals surface area contributed by atoms with Crippen LogP contribution in [0.3, 0.4) is 0 Å².